The molecule has 6 aromatic carbocycles. The Morgan fingerprint density at radius 3 is 1.44 bits per heavy atom. The molecule has 89 heavy (non-hydrogen) atoms. The largest absolute Gasteiger partial charge is 0.497 e. The lowest BCUT2D eigenvalue weighted by molar-refractivity contribution is -0.138. The summed E-state index contributed by atoms with van der Waals surface area (Å²) in [5.74, 6) is 0.257. The second-order valence-corrected chi connectivity index (χ2v) is 28.6. The number of sulfonamides is 2. The first-order valence-corrected chi connectivity index (χ1v) is 34.4. The van der Waals surface area contributed by atoms with Crippen molar-refractivity contribution < 1.29 is 41.0 Å². The van der Waals surface area contributed by atoms with Gasteiger partial charge >= 0.3 is 5.97 Å². The van der Waals surface area contributed by atoms with Crippen LogP contribution in [0.25, 0.3) is 21.5 Å². The minimum Gasteiger partial charge on any atom is -0.497 e. The van der Waals surface area contributed by atoms with Crippen molar-refractivity contribution in [1.29, 1.82) is 0 Å². The number of aromatic nitrogens is 2. The van der Waals surface area contributed by atoms with Gasteiger partial charge in [0.1, 0.15) is 11.5 Å². The molecular weight excluding hydrogens is 1160 g/mol. The number of amides is 1. The van der Waals surface area contributed by atoms with E-state index in [1.54, 1.807) is 56.7 Å². The maximum atomic E-state index is 14.1. The second kappa shape index (κ2) is 27.0. The molecular formula is C70H82N8O9S2. The third-order valence-electron chi connectivity index (χ3n) is 18.7. The molecule has 2 saturated heterocycles. The summed E-state index contributed by atoms with van der Waals surface area (Å²) in [6, 6.07) is 41.4. The fraction of sp³-hybridized carbons (Fsp3) is 0.400. The summed E-state index contributed by atoms with van der Waals surface area (Å²) < 4.78 is 72.3. The number of hydrogen-bond acceptors (Lipinski definition) is 11. The Hall–Kier alpha value is -7.36. The first-order valence-electron chi connectivity index (χ1n) is 31.5. The number of hydrogen-bond donors (Lipinski definition) is 3. The predicted molar refractivity (Wildman–Crippen MR) is 346 cm³/mol. The van der Waals surface area contributed by atoms with Gasteiger partial charge in [-0.15, -0.1) is 0 Å². The highest BCUT2D eigenvalue weighted by atomic mass is 32.2. The summed E-state index contributed by atoms with van der Waals surface area (Å²) >= 11 is 0. The summed E-state index contributed by atoms with van der Waals surface area (Å²) in [5, 5.41) is 16.0. The van der Waals surface area contributed by atoms with Crippen LogP contribution in [0.15, 0.2) is 156 Å². The Morgan fingerprint density at radius 2 is 0.944 bits per heavy atom. The van der Waals surface area contributed by atoms with Crippen LogP contribution in [0, 0.1) is 0 Å². The lowest BCUT2D eigenvalue weighted by atomic mass is 10.0. The molecule has 468 valence electrons. The summed E-state index contributed by atoms with van der Waals surface area (Å²) in [5.41, 5.74) is 15.9. The quantitative estimate of drug-likeness (QED) is 0.0878. The van der Waals surface area contributed by atoms with Crippen LogP contribution in [0.2, 0.25) is 0 Å². The number of nitrogens with two attached hydrogens (primary N) is 1. The Labute approximate surface area is 523 Å². The van der Waals surface area contributed by atoms with Gasteiger partial charge in [-0.3, -0.25) is 19.4 Å². The smallest absolute Gasteiger partial charge is 0.305 e. The number of fused-ring (bicyclic) bond motifs is 6. The number of nitrogens with zero attached hydrogens (tertiary/aromatic N) is 6. The van der Waals surface area contributed by atoms with Gasteiger partial charge in [-0.1, -0.05) is 73.5 Å². The molecule has 14 rings (SSSR count). The molecule has 4 unspecified atom stereocenters. The number of ether oxygens (including phenoxy) is 2. The number of carbonyl (C=O) groups is 2. The number of methoxy groups -OCH3 is 2. The van der Waals surface area contributed by atoms with Crippen LogP contribution in [-0.4, -0.2) is 127 Å². The number of rotatable bonds is 15. The molecule has 4 aliphatic heterocycles. The van der Waals surface area contributed by atoms with Gasteiger partial charge < -0.3 is 34.8 Å². The number of carbonyl (C=O) groups excluding carboxylic acids is 1. The molecule has 2 aromatic heterocycles. The van der Waals surface area contributed by atoms with Crippen LogP contribution in [-0.2, 0) is 81.5 Å². The molecule has 0 spiro atoms. The van der Waals surface area contributed by atoms with E-state index in [0.29, 0.717) is 37.1 Å². The number of aliphatic carboxylic acids is 1. The van der Waals surface area contributed by atoms with Crippen molar-refractivity contribution in [2.75, 3.05) is 53.5 Å². The van der Waals surface area contributed by atoms with E-state index in [4.69, 9.17) is 15.2 Å². The maximum Gasteiger partial charge on any atom is 0.305 e. The molecule has 4 atom stereocenters. The highest BCUT2D eigenvalue weighted by Crippen LogP contribution is 2.38. The molecule has 8 aromatic rings. The van der Waals surface area contributed by atoms with Crippen molar-refractivity contribution in [3.05, 3.63) is 191 Å². The summed E-state index contributed by atoms with van der Waals surface area (Å²) in [6.45, 7) is 8.56. The third-order valence-corrected chi connectivity index (χ3v) is 22.5. The van der Waals surface area contributed by atoms with Crippen LogP contribution in [0.4, 0.5) is 0 Å². The predicted octanol–water partition coefficient (Wildman–Crippen LogP) is 10.0. The van der Waals surface area contributed by atoms with E-state index in [9.17, 15) is 31.5 Å². The molecule has 17 nitrogen and oxygen atoms in total. The molecule has 0 saturated carbocycles. The van der Waals surface area contributed by atoms with Crippen molar-refractivity contribution in [2.45, 2.75) is 137 Å². The molecule has 4 N–H and O–H groups in total. The molecule has 19 heteroatoms. The van der Waals surface area contributed by atoms with Crippen molar-refractivity contribution in [2.24, 2.45) is 5.73 Å². The second-order valence-electron chi connectivity index (χ2n) is 24.8. The number of carboxylic acids is 1. The van der Waals surface area contributed by atoms with E-state index in [1.807, 2.05) is 71.6 Å². The SMILES string of the molecule is COc1ccc2cc(S(=O)(=O)N3CCn4cccc4C3CC(=O)NC3Cc4ccc(CN5CCCCC5)cc4C3)ccc2c1.COc1ccc2cc(S(=O)(=O)N3CCn4cccc4C3CC(=O)O)ccc2c1.NC1Cc2ccc(CN3CCCCC3)cc2C1. The van der Waals surface area contributed by atoms with E-state index < -0.39 is 38.1 Å². The topological polar surface area (TPSA) is 202 Å². The Bertz CT molecular complexity index is 4100. The molecule has 6 aliphatic rings. The highest BCUT2D eigenvalue weighted by Gasteiger charge is 2.40. The van der Waals surface area contributed by atoms with Gasteiger partial charge in [-0.2, -0.15) is 8.61 Å². The number of likely N-dealkylation sites (tertiary alicyclic amines) is 2. The zero-order chi connectivity index (χ0) is 61.8. The van der Waals surface area contributed by atoms with Crippen LogP contribution in [0.3, 0.4) is 0 Å². The fourth-order valence-corrected chi connectivity index (χ4v) is 17.4. The van der Waals surface area contributed by atoms with Crippen LogP contribution in [0.5, 0.6) is 11.5 Å². The van der Waals surface area contributed by atoms with Crippen LogP contribution in [0.1, 0.15) is 108 Å². The summed E-state index contributed by atoms with van der Waals surface area (Å²) in [7, 11) is -4.54. The van der Waals surface area contributed by atoms with Crippen LogP contribution < -0.4 is 20.5 Å². The van der Waals surface area contributed by atoms with Crippen molar-refractivity contribution in [3.63, 3.8) is 0 Å². The minimum absolute atomic E-state index is 0.0145. The van der Waals surface area contributed by atoms with Crippen LogP contribution >= 0.6 is 0 Å². The standard InChI is InChI=1S/C35H40N4O4S.C20H20N2O5S.C15H22N2/c1-43-31-11-9-28-22-32(12-10-27(28)21-31)44(41,42)39-17-16-38-15-5-6-33(38)34(39)23-35(40)36-30-19-26-8-7-25(18-29(26)20-30)24-37-13-3-2-4-14-37;1-27-16-6-4-15-12-17(7-5-14(15)11-16)28(25,26)22-10-9-21-8-2-3-18(21)19(22)13-20(23)24;16-15-9-13-5-4-12(8-14(13)10-15)11-17-6-2-1-3-7-17/h5-12,15,18,21-22,30,34H,2-4,13-14,16-17,19-20,23-24H2,1H3,(H,36,40);2-8,11-12,19H,9-10,13H2,1H3,(H,23,24);4-5,8,15H,1-3,6-7,9-11,16H2. The molecule has 2 fully saturated rings. The third kappa shape index (κ3) is 14.0. The van der Waals surface area contributed by atoms with Gasteiger partial charge in [0, 0.05) is 81.6 Å². The van der Waals surface area contributed by atoms with Crippen molar-refractivity contribution >= 4 is 53.5 Å². The van der Waals surface area contributed by atoms with Gasteiger partial charge in [0.2, 0.25) is 26.0 Å². The molecule has 1 amide bonds. The first kappa shape index (κ1) is 61.9. The molecule has 2 aliphatic carbocycles. The average Bonchev–Trinajstić information content (AvgIpc) is 1.98. The van der Waals surface area contributed by atoms with E-state index >= 15 is 0 Å². The Balaban J connectivity index is 0.000000145. The Kier molecular flexibility index (Phi) is 18.8. The van der Waals surface area contributed by atoms with Crippen molar-refractivity contribution in [3.8, 4) is 11.5 Å². The minimum atomic E-state index is -3.87. The van der Waals surface area contributed by atoms with Gasteiger partial charge in [-0.25, -0.2) is 16.8 Å². The lowest BCUT2D eigenvalue weighted by Crippen LogP contribution is -2.45. The van der Waals surface area contributed by atoms with E-state index in [2.05, 4.69) is 56.1 Å². The summed E-state index contributed by atoms with van der Waals surface area (Å²) in [6.07, 6.45) is 15.4. The number of piperidine rings is 2. The molecule has 0 bridgehead atoms. The average molecular weight is 1240 g/mol. The molecule has 0 radical (unpaired) electrons. The monoisotopic (exact) mass is 1240 g/mol. The normalized spacial score (nSPS) is 20.5. The van der Waals surface area contributed by atoms with E-state index in [0.717, 1.165) is 71.8 Å². The van der Waals surface area contributed by atoms with E-state index in [-0.39, 0.29) is 41.1 Å². The van der Waals surface area contributed by atoms with Gasteiger partial charge in [-0.05, 0) is 205 Å². The zero-order valence-electron chi connectivity index (χ0n) is 51.0. The van der Waals surface area contributed by atoms with E-state index in [1.165, 1.54) is 107 Å². The number of carboxylic acid groups (broad SMARTS) is 1. The summed E-state index contributed by atoms with van der Waals surface area (Å²) in [4.78, 5) is 30.5. The molecule has 6 heterocycles. The van der Waals surface area contributed by atoms with Gasteiger partial charge in [0.05, 0.1) is 42.5 Å². The number of benzene rings is 6. The van der Waals surface area contributed by atoms with Gasteiger partial charge in [0.15, 0.2) is 0 Å². The lowest BCUT2D eigenvalue weighted by Gasteiger charge is -2.36. The maximum absolute atomic E-state index is 14.1. The van der Waals surface area contributed by atoms with Crippen molar-refractivity contribution in [1.82, 2.24) is 32.9 Å². The Morgan fingerprint density at radius 1 is 0.506 bits per heavy atom. The first-order chi connectivity index (χ1) is 43.1. The fourth-order valence-electron chi connectivity index (χ4n) is 14.2. The number of nitrogens with one attached hydrogen (secondary N) is 1. The zero-order valence-corrected chi connectivity index (χ0v) is 52.6. The highest BCUT2D eigenvalue weighted by molar-refractivity contribution is 7.89. The van der Waals surface area contributed by atoms with Gasteiger partial charge in [0.25, 0.3) is 0 Å².